The first-order chi connectivity index (χ1) is 14.1. The molecule has 3 aromatic carbocycles. The van der Waals surface area contributed by atoms with Gasteiger partial charge < -0.3 is 19.5 Å². The number of benzene rings is 3. The first-order valence-electron chi connectivity index (χ1n) is 8.94. The predicted octanol–water partition coefficient (Wildman–Crippen LogP) is 4.05. The Morgan fingerprint density at radius 1 is 0.931 bits per heavy atom. The Kier molecular flexibility index (Phi) is 6.47. The maximum absolute atomic E-state index is 12.1. The van der Waals surface area contributed by atoms with Crippen LogP contribution < -0.4 is 14.8 Å². The molecule has 0 fully saturated rings. The fourth-order valence-electron chi connectivity index (χ4n) is 2.76. The van der Waals surface area contributed by atoms with Crippen molar-refractivity contribution in [2.45, 2.75) is 0 Å². The zero-order valence-corrected chi connectivity index (χ0v) is 16.2. The quantitative estimate of drug-likeness (QED) is 0.486. The summed E-state index contributed by atoms with van der Waals surface area (Å²) in [6.07, 6.45) is 2.80. The molecule has 0 saturated carbocycles. The van der Waals surface area contributed by atoms with Crippen LogP contribution >= 0.6 is 0 Å². The zero-order chi connectivity index (χ0) is 20.6. The minimum atomic E-state index is -0.628. The van der Waals surface area contributed by atoms with Crippen LogP contribution in [0.1, 0.15) is 5.56 Å². The summed E-state index contributed by atoms with van der Waals surface area (Å²) < 4.78 is 15.4. The van der Waals surface area contributed by atoms with Crippen LogP contribution in [0.25, 0.3) is 16.8 Å². The molecule has 3 aromatic rings. The Hall–Kier alpha value is -3.80. The molecule has 0 aliphatic rings. The molecule has 1 amide bonds. The van der Waals surface area contributed by atoms with Crippen molar-refractivity contribution in [1.82, 2.24) is 0 Å². The molecule has 0 heterocycles. The summed E-state index contributed by atoms with van der Waals surface area (Å²) in [7, 11) is 3.09. The third-order valence-corrected chi connectivity index (χ3v) is 4.22. The van der Waals surface area contributed by atoms with Gasteiger partial charge in [-0.2, -0.15) is 0 Å². The van der Waals surface area contributed by atoms with Gasteiger partial charge in [0.05, 0.1) is 14.2 Å². The standard InChI is InChI=1S/C23H21NO5/c1-27-20-11-8-17(21(14-20)28-2)9-12-23(26)29-15-22(25)24-19-10-7-16-5-3-4-6-18(16)13-19/h3-14H,15H2,1-2H3,(H,24,25). The predicted molar refractivity (Wildman–Crippen MR) is 112 cm³/mol. The van der Waals surface area contributed by atoms with E-state index in [1.54, 1.807) is 37.5 Å². The van der Waals surface area contributed by atoms with Crippen molar-refractivity contribution in [2.75, 3.05) is 26.1 Å². The monoisotopic (exact) mass is 391 g/mol. The average Bonchev–Trinajstić information content (AvgIpc) is 2.76. The highest BCUT2D eigenvalue weighted by atomic mass is 16.5. The molecule has 0 saturated heterocycles. The van der Waals surface area contributed by atoms with E-state index in [1.165, 1.54) is 13.2 Å². The molecule has 148 valence electrons. The minimum Gasteiger partial charge on any atom is -0.497 e. The van der Waals surface area contributed by atoms with Gasteiger partial charge in [-0.05, 0) is 41.1 Å². The number of amides is 1. The largest absolute Gasteiger partial charge is 0.497 e. The molecule has 0 aromatic heterocycles. The SMILES string of the molecule is COc1ccc(C=CC(=O)OCC(=O)Nc2ccc3ccccc3c2)c(OC)c1. The van der Waals surface area contributed by atoms with Crippen LogP contribution in [0.15, 0.2) is 66.7 Å². The lowest BCUT2D eigenvalue weighted by Crippen LogP contribution is -2.20. The van der Waals surface area contributed by atoms with E-state index in [9.17, 15) is 9.59 Å². The molecule has 6 nitrogen and oxygen atoms in total. The highest BCUT2D eigenvalue weighted by Gasteiger charge is 2.07. The minimum absolute atomic E-state index is 0.379. The number of methoxy groups -OCH3 is 2. The Balaban J connectivity index is 1.54. The van der Waals surface area contributed by atoms with Gasteiger partial charge in [0.15, 0.2) is 6.61 Å². The van der Waals surface area contributed by atoms with Crippen molar-refractivity contribution < 1.29 is 23.8 Å². The van der Waals surface area contributed by atoms with Crippen LogP contribution in [0, 0.1) is 0 Å². The Morgan fingerprint density at radius 3 is 2.48 bits per heavy atom. The average molecular weight is 391 g/mol. The van der Waals surface area contributed by atoms with Crippen LogP contribution in [0.4, 0.5) is 5.69 Å². The zero-order valence-electron chi connectivity index (χ0n) is 16.2. The normalized spacial score (nSPS) is 10.7. The van der Waals surface area contributed by atoms with Gasteiger partial charge in [0.1, 0.15) is 11.5 Å². The number of hydrogen-bond acceptors (Lipinski definition) is 5. The van der Waals surface area contributed by atoms with E-state index in [4.69, 9.17) is 14.2 Å². The summed E-state index contributed by atoms with van der Waals surface area (Å²) in [5.41, 5.74) is 1.33. The number of rotatable bonds is 7. The van der Waals surface area contributed by atoms with Crippen molar-refractivity contribution in [1.29, 1.82) is 0 Å². The van der Waals surface area contributed by atoms with Crippen molar-refractivity contribution in [3.63, 3.8) is 0 Å². The van der Waals surface area contributed by atoms with Gasteiger partial charge in [-0.15, -0.1) is 0 Å². The van der Waals surface area contributed by atoms with Crippen LogP contribution in [0.5, 0.6) is 11.5 Å². The molecule has 0 spiro atoms. The number of carbonyl (C=O) groups is 2. The van der Waals surface area contributed by atoms with Gasteiger partial charge in [0.25, 0.3) is 5.91 Å². The van der Waals surface area contributed by atoms with Gasteiger partial charge in [-0.25, -0.2) is 4.79 Å². The molecule has 29 heavy (non-hydrogen) atoms. The summed E-state index contributed by atoms with van der Waals surface area (Å²) in [5, 5.41) is 4.81. The molecule has 0 atom stereocenters. The molecule has 0 aliphatic carbocycles. The molecule has 3 rings (SSSR count). The summed E-state index contributed by atoms with van der Waals surface area (Å²) in [6.45, 7) is -0.379. The molecule has 1 N–H and O–H groups in total. The molecular weight excluding hydrogens is 370 g/mol. The number of ether oxygens (including phenoxy) is 3. The summed E-state index contributed by atoms with van der Waals surface area (Å²) in [4.78, 5) is 24.0. The fraction of sp³-hybridized carbons (Fsp3) is 0.130. The summed E-state index contributed by atoms with van der Waals surface area (Å²) in [5.74, 6) is 0.162. The highest BCUT2D eigenvalue weighted by Crippen LogP contribution is 2.25. The topological polar surface area (TPSA) is 73.9 Å². The van der Waals surface area contributed by atoms with E-state index in [2.05, 4.69) is 5.32 Å². The van der Waals surface area contributed by atoms with E-state index in [-0.39, 0.29) is 6.61 Å². The number of nitrogens with one attached hydrogen (secondary N) is 1. The summed E-state index contributed by atoms with van der Waals surface area (Å²) >= 11 is 0. The molecular formula is C23H21NO5. The van der Waals surface area contributed by atoms with Crippen molar-refractivity contribution >= 4 is 34.4 Å². The van der Waals surface area contributed by atoms with Crippen LogP contribution in [0.3, 0.4) is 0 Å². The maximum atomic E-state index is 12.1. The van der Waals surface area contributed by atoms with Crippen LogP contribution in [0.2, 0.25) is 0 Å². The number of carbonyl (C=O) groups excluding carboxylic acids is 2. The van der Waals surface area contributed by atoms with Crippen molar-refractivity contribution in [2.24, 2.45) is 0 Å². The van der Waals surface area contributed by atoms with E-state index < -0.39 is 11.9 Å². The molecule has 0 bridgehead atoms. The second-order valence-electron chi connectivity index (χ2n) is 6.16. The second kappa shape index (κ2) is 9.41. The Labute approximate surface area is 168 Å². The van der Waals surface area contributed by atoms with E-state index in [0.29, 0.717) is 22.7 Å². The first-order valence-corrected chi connectivity index (χ1v) is 8.94. The number of esters is 1. The van der Waals surface area contributed by atoms with E-state index in [1.807, 2.05) is 36.4 Å². The molecule has 0 radical (unpaired) electrons. The van der Waals surface area contributed by atoms with Gasteiger partial charge in [0, 0.05) is 23.4 Å². The van der Waals surface area contributed by atoms with Gasteiger partial charge >= 0.3 is 5.97 Å². The fourth-order valence-corrected chi connectivity index (χ4v) is 2.76. The maximum Gasteiger partial charge on any atom is 0.331 e. The van der Waals surface area contributed by atoms with Crippen LogP contribution in [-0.4, -0.2) is 32.7 Å². The van der Waals surface area contributed by atoms with Gasteiger partial charge in [-0.3, -0.25) is 4.79 Å². The first kappa shape index (κ1) is 19.9. The number of fused-ring (bicyclic) bond motifs is 1. The van der Waals surface area contributed by atoms with Crippen molar-refractivity contribution in [3.05, 3.63) is 72.3 Å². The van der Waals surface area contributed by atoms with Gasteiger partial charge in [-0.1, -0.05) is 30.3 Å². The summed E-state index contributed by atoms with van der Waals surface area (Å²) in [6, 6.07) is 18.6. The third kappa shape index (κ3) is 5.35. The molecule has 0 aliphatic heterocycles. The van der Waals surface area contributed by atoms with Crippen molar-refractivity contribution in [3.8, 4) is 11.5 Å². The van der Waals surface area contributed by atoms with E-state index in [0.717, 1.165) is 10.8 Å². The third-order valence-electron chi connectivity index (χ3n) is 4.22. The molecule has 0 unspecified atom stereocenters. The van der Waals surface area contributed by atoms with Crippen LogP contribution in [-0.2, 0) is 14.3 Å². The second-order valence-corrected chi connectivity index (χ2v) is 6.16. The van der Waals surface area contributed by atoms with E-state index >= 15 is 0 Å². The Morgan fingerprint density at radius 2 is 1.72 bits per heavy atom. The lowest BCUT2D eigenvalue weighted by atomic mass is 10.1. The smallest absolute Gasteiger partial charge is 0.331 e. The lowest BCUT2D eigenvalue weighted by Gasteiger charge is -2.08. The highest BCUT2D eigenvalue weighted by molar-refractivity contribution is 5.96. The number of hydrogen-bond donors (Lipinski definition) is 1. The number of anilines is 1. The lowest BCUT2D eigenvalue weighted by molar-refractivity contribution is -0.142. The molecule has 6 heteroatoms. The Bertz CT molecular complexity index is 1060. The van der Waals surface area contributed by atoms with Gasteiger partial charge in [0.2, 0.25) is 0 Å².